The molecule has 1 rings (SSSR count). The number of rotatable bonds is 5. The van der Waals surface area contributed by atoms with E-state index in [2.05, 4.69) is 63.5 Å². The third kappa shape index (κ3) is 4.39. The van der Waals surface area contributed by atoms with Crippen LogP contribution in [0.25, 0.3) is 0 Å². The highest BCUT2D eigenvalue weighted by Gasteiger charge is 2.14. The molecule has 0 amide bonds. The van der Waals surface area contributed by atoms with Crippen LogP contribution in [0.1, 0.15) is 38.8 Å². The van der Waals surface area contributed by atoms with Crippen LogP contribution >= 0.6 is 0 Å². The molecule has 0 atom stereocenters. The first-order chi connectivity index (χ1) is 7.95. The Morgan fingerprint density at radius 1 is 1.12 bits per heavy atom. The number of benzene rings is 1. The van der Waals surface area contributed by atoms with Crippen LogP contribution < -0.4 is 10.6 Å². The van der Waals surface area contributed by atoms with E-state index in [-0.39, 0.29) is 5.41 Å². The summed E-state index contributed by atoms with van der Waals surface area (Å²) in [5.74, 6) is 0. The molecule has 96 valence electrons. The van der Waals surface area contributed by atoms with Gasteiger partial charge in [0, 0.05) is 18.8 Å². The van der Waals surface area contributed by atoms with Crippen molar-refractivity contribution in [2.75, 3.05) is 25.0 Å². The molecule has 0 saturated carbocycles. The number of hydrogen-bond acceptors (Lipinski definition) is 2. The van der Waals surface area contributed by atoms with Crippen molar-refractivity contribution in [1.82, 2.24) is 5.32 Å². The highest BCUT2D eigenvalue weighted by atomic mass is 14.9. The van der Waals surface area contributed by atoms with Crippen molar-refractivity contribution in [2.45, 2.75) is 40.0 Å². The largest absolute Gasteiger partial charge is 0.384 e. The Morgan fingerprint density at radius 2 is 1.82 bits per heavy atom. The van der Waals surface area contributed by atoms with Crippen LogP contribution in [-0.2, 0) is 5.41 Å². The van der Waals surface area contributed by atoms with E-state index in [1.807, 2.05) is 0 Å². The molecule has 0 radical (unpaired) electrons. The number of aryl methyl sites for hydroxylation is 1. The summed E-state index contributed by atoms with van der Waals surface area (Å²) in [4.78, 5) is 0. The van der Waals surface area contributed by atoms with E-state index in [1.165, 1.54) is 16.8 Å². The monoisotopic (exact) mass is 234 g/mol. The van der Waals surface area contributed by atoms with E-state index in [4.69, 9.17) is 0 Å². The van der Waals surface area contributed by atoms with Crippen molar-refractivity contribution in [3.8, 4) is 0 Å². The van der Waals surface area contributed by atoms with Crippen LogP contribution in [-0.4, -0.2) is 19.6 Å². The summed E-state index contributed by atoms with van der Waals surface area (Å²) in [6.45, 7) is 14.1. The number of likely N-dealkylation sites (N-methyl/N-ethyl adjacent to an activating group) is 1. The minimum Gasteiger partial charge on any atom is -0.384 e. The van der Waals surface area contributed by atoms with Crippen molar-refractivity contribution in [2.24, 2.45) is 0 Å². The molecule has 2 heteroatoms. The number of nitrogens with one attached hydrogen (secondary N) is 2. The van der Waals surface area contributed by atoms with Gasteiger partial charge in [-0.15, -0.1) is 0 Å². The topological polar surface area (TPSA) is 24.1 Å². The fourth-order valence-electron chi connectivity index (χ4n) is 1.74. The zero-order valence-electron chi connectivity index (χ0n) is 11.9. The number of hydrogen-bond donors (Lipinski definition) is 2. The van der Waals surface area contributed by atoms with Gasteiger partial charge in [-0.05, 0) is 36.1 Å². The van der Waals surface area contributed by atoms with Gasteiger partial charge >= 0.3 is 0 Å². The molecule has 0 spiro atoms. The van der Waals surface area contributed by atoms with Crippen molar-refractivity contribution < 1.29 is 0 Å². The third-order valence-corrected chi connectivity index (χ3v) is 2.97. The Bertz CT molecular complexity index is 350. The van der Waals surface area contributed by atoms with E-state index in [0.29, 0.717) is 0 Å². The molecule has 2 N–H and O–H groups in total. The summed E-state index contributed by atoms with van der Waals surface area (Å²) in [6, 6.07) is 6.71. The zero-order valence-corrected chi connectivity index (χ0v) is 11.9. The van der Waals surface area contributed by atoms with E-state index < -0.39 is 0 Å². The summed E-state index contributed by atoms with van der Waals surface area (Å²) in [5.41, 5.74) is 4.17. The predicted molar refractivity (Wildman–Crippen MR) is 76.9 cm³/mol. The molecular formula is C15H26N2. The van der Waals surface area contributed by atoms with Crippen molar-refractivity contribution in [1.29, 1.82) is 0 Å². The normalized spacial score (nSPS) is 11.6. The van der Waals surface area contributed by atoms with Gasteiger partial charge in [0.25, 0.3) is 0 Å². The third-order valence-electron chi connectivity index (χ3n) is 2.97. The SMILES string of the molecule is CCNCCNc1cc(C(C)(C)C)ccc1C. The molecule has 0 saturated heterocycles. The van der Waals surface area contributed by atoms with Gasteiger partial charge in [0.05, 0.1) is 0 Å². The second kappa shape index (κ2) is 6.06. The minimum atomic E-state index is 0.214. The van der Waals surface area contributed by atoms with Gasteiger partial charge in [-0.3, -0.25) is 0 Å². The lowest BCUT2D eigenvalue weighted by Crippen LogP contribution is -2.22. The van der Waals surface area contributed by atoms with Crippen LogP contribution in [0.2, 0.25) is 0 Å². The van der Waals surface area contributed by atoms with E-state index in [0.717, 1.165) is 19.6 Å². The first kappa shape index (κ1) is 14.0. The maximum atomic E-state index is 3.50. The standard InChI is InChI=1S/C15H26N2/c1-6-16-9-10-17-14-11-13(15(3,4)5)8-7-12(14)2/h7-8,11,16-17H,6,9-10H2,1-5H3. The molecule has 1 aromatic rings. The van der Waals surface area contributed by atoms with Crippen LogP contribution in [0.4, 0.5) is 5.69 Å². The molecule has 0 aromatic heterocycles. The van der Waals surface area contributed by atoms with Gasteiger partial charge in [0.2, 0.25) is 0 Å². The molecule has 0 heterocycles. The molecule has 0 aliphatic rings. The quantitative estimate of drug-likeness (QED) is 0.764. The lowest BCUT2D eigenvalue weighted by Gasteiger charge is -2.21. The van der Waals surface area contributed by atoms with Gasteiger partial charge in [-0.25, -0.2) is 0 Å². The summed E-state index contributed by atoms with van der Waals surface area (Å²) < 4.78 is 0. The number of anilines is 1. The molecule has 1 aromatic carbocycles. The lowest BCUT2D eigenvalue weighted by atomic mass is 9.86. The lowest BCUT2D eigenvalue weighted by molar-refractivity contribution is 0.590. The van der Waals surface area contributed by atoms with Gasteiger partial charge < -0.3 is 10.6 Å². The summed E-state index contributed by atoms with van der Waals surface area (Å²) in [6.07, 6.45) is 0. The molecule has 2 nitrogen and oxygen atoms in total. The maximum absolute atomic E-state index is 3.50. The highest BCUT2D eigenvalue weighted by molar-refractivity contribution is 5.53. The van der Waals surface area contributed by atoms with Gasteiger partial charge in [0.1, 0.15) is 0 Å². The fraction of sp³-hybridized carbons (Fsp3) is 0.600. The Kier molecular flexibility index (Phi) is 5.01. The Balaban J connectivity index is 2.70. The summed E-state index contributed by atoms with van der Waals surface area (Å²) >= 11 is 0. The van der Waals surface area contributed by atoms with Crippen molar-refractivity contribution >= 4 is 5.69 Å². The second-order valence-electron chi connectivity index (χ2n) is 5.56. The molecule has 0 aliphatic carbocycles. The first-order valence-electron chi connectivity index (χ1n) is 6.51. The summed E-state index contributed by atoms with van der Waals surface area (Å²) in [5, 5.41) is 6.82. The smallest absolute Gasteiger partial charge is 0.0373 e. The Morgan fingerprint density at radius 3 is 2.41 bits per heavy atom. The Hall–Kier alpha value is -1.02. The van der Waals surface area contributed by atoms with Crippen LogP contribution in [0.15, 0.2) is 18.2 Å². The fourth-order valence-corrected chi connectivity index (χ4v) is 1.74. The predicted octanol–water partition coefficient (Wildman–Crippen LogP) is 3.31. The molecular weight excluding hydrogens is 208 g/mol. The zero-order chi connectivity index (χ0) is 12.9. The maximum Gasteiger partial charge on any atom is 0.0373 e. The van der Waals surface area contributed by atoms with Crippen molar-refractivity contribution in [3.63, 3.8) is 0 Å². The van der Waals surface area contributed by atoms with Crippen LogP contribution in [0, 0.1) is 6.92 Å². The second-order valence-corrected chi connectivity index (χ2v) is 5.56. The van der Waals surface area contributed by atoms with E-state index >= 15 is 0 Å². The van der Waals surface area contributed by atoms with E-state index in [9.17, 15) is 0 Å². The van der Waals surface area contributed by atoms with Gasteiger partial charge in [-0.1, -0.05) is 39.8 Å². The van der Waals surface area contributed by atoms with Crippen molar-refractivity contribution in [3.05, 3.63) is 29.3 Å². The van der Waals surface area contributed by atoms with Crippen LogP contribution in [0.5, 0.6) is 0 Å². The van der Waals surface area contributed by atoms with E-state index in [1.54, 1.807) is 0 Å². The summed E-state index contributed by atoms with van der Waals surface area (Å²) in [7, 11) is 0. The molecule has 0 unspecified atom stereocenters. The molecule has 0 bridgehead atoms. The average Bonchev–Trinajstić information content (AvgIpc) is 2.25. The van der Waals surface area contributed by atoms with Gasteiger partial charge in [0.15, 0.2) is 0 Å². The van der Waals surface area contributed by atoms with Crippen LogP contribution in [0.3, 0.4) is 0 Å². The Labute approximate surface area is 106 Å². The molecule has 0 fully saturated rings. The molecule has 17 heavy (non-hydrogen) atoms. The van der Waals surface area contributed by atoms with Gasteiger partial charge in [-0.2, -0.15) is 0 Å². The minimum absolute atomic E-state index is 0.214. The highest BCUT2D eigenvalue weighted by Crippen LogP contribution is 2.26. The average molecular weight is 234 g/mol. The molecule has 0 aliphatic heterocycles. The first-order valence-corrected chi connectivity index (χ1v) is 6.51.